The summed E-state index contributed by atoms with van der Waals surface area (Å²) in [4.78, 5) is 4.66. The number of hydrogen-bond acceptors (Lipinski definition) is 3. The quantitative estimate of drug-likeness (QED) is 0.796. The lowest BCUT2D eigenvalue weighted by atomic mass is 10.1. The Morgan fingerprint density at radius 1 is 1.24 bits per heavy atom. The second-order valence-electron chi connectivity index (χ2n) is 4.00. The van der Waals surface area contributed by atoms with Gasteiger partial charge in [-0.15, -0.1) is 11.3 Å². The number of aryl methyl sites for hydroxylation is 2. The number of nitrogens with zero attached hydrogens (tertiary/aromatic N) is 1. The summed E-state index contributed by atoms with van der Waals surface area (Å²) >= 11 is 5.98. The SMILES string of the molecule is CCc1ccc(-c2csc(CCCS)n2)cc1. The van der Waals surface area contributed by atoms with Crippen LogP contribution in [0.4, 0.5) is 0 Å². The fourth-order valence-electron chi connectivity index (χ4n) is 1.70. The van der Waals surface area contributed by atoms with Crippen molar-refractivity contribution < 1.29 is 0 Å². The third-order valence-electron chi connectivity index (χ3n) is 2.76. The summed E-state index contributed by atoms with van der Waals surface area (Å²) in [5.41, 5.74) is 3.70. The molecule has 0 saturated carbocycles. The highest BCUT2D eigenvalue weighted by Crippen LogP contribution is 2.23. The average molecular weight is 263 g/mol. The molecule has 0 radical (unpaired) electrons. The van der Waals surface area contributed by atoms with Crippen LogP contribution in [0.2, 0.25) is 0 Å². The van der Waals surface area contributed by atoms with Crippen molar-refractivity contribution in [3.8, 4) is 11.3 Å². The lowest BCUT2D eigenvalue weighted by Crippen LogP contribution is -1.86. The molecule has 90 valence electrons. The zero-order valence-electron chi connectivity index (χ0n) is 10.0. The van der Waals surface area contributed by atoms with E-state index >= 15 is 0 Å². The molecule has 2 rings (SSSR count). The van der Waals surface area contributed by atoms with Crippen molar-refractivity contribution in [3.63, 3.8) is 0 Å². The second kappa shape index (κ2) is 6.22. The summed E-state index contributed by atoms with van der Waals surface area (Å²) in [6.07, 6.45) is 3.23. The molecule has 1 aromatic carbocycles. The highest BCUT2D eigenvalue weighted by molar-refractivity contribution is 7.80. The first kappa shape index (κ1) is 12.7. The van der Waals surface area contributed by atoms with Crippen molar-refractivity contribution >= 4 is 24.0 Å². The molecule has 17 heavy (non-hydrogen) atoms. The van der Waals surface area contributed by atoms with Crippen LogP contribution in [0.15, 0.2) is 29.6 Å². The minimum Gasteiger partial charge on any atom is -0.241 e. The number of thiazole rings is 1. The van der Waals surface area contributed by atoms with Gasteiger partial charge in [0.1, 0.15) is 0 Å². The van der Waals surface area contributed by atoms with Crippen molar-refractivity contribution in [2.24, 2.45) is 0 Å². The van der Waals surface area contributed by atoms with Crippen LogP contribution in [0.25, 0.3) is 11.3 Å². The Morgan fingerprint density at radius 3 is 2.65 bits per heavy atom. The summed E-state index contributed by atoms with van der Waals surface area (Å²) in [6.45, 7) is 2.17. The van der Waals surface area contributed by atoms with Gasteiger partial charge in [-0.05, 0) is 24.2 Å². The Hall–Kier alpha value is -0.800. The highest BCUT2D eigenvalue weighted by atomic mass is 32.1. The Labute approximate surface area is 112 Å². The predicted octanol–water partition coefficient (Wildman–Crippen LogP) is 4.23. The fourth-order valence-corrected chi connectivity index (χ4v) is 2.71. The van der Waals surface area contributed by atoms with Crippen molar-refractivity contribution in [1.29, 1.82) is 0 Å². The van der Waals surface area contributed by atoms with E-state index in [9.17, 15) is 0 Å². The maximum absolute atomic E-state index is 4.66. The van der Waals surface area contributed by atoms with Gasteiger partial charge in [0.2, 0.25) is 0 Å². The van der Waals surface area contributed by atoms with E-state index in [2.05, 4.69) is 54.2 Å². The van der Waals surface area contributed by atoms with Crippen molar-refractivity contribution in [2.45, 2.75) is 26.2 Å². The number of rotatable bonds is 5. The van der Waals surface area contributed by atoms with Gasteiger partial charge in [0.15, 0.2) is 0 Å². The highest BCUT2D eigenvalue weighted by Gasteiger charge is 2.04. The van der Waals surface area contributed by atoms with E-state index in [1.165, 1.54) is 16.1 Å². The minimum atomic E-state index is 0.931. The normalized spacial score (nSPS) is 10.7. The zero-order chi connectivity index (χ0) is 12.1. The van der Waals surface area contributed by atoms with Gasteiger partial charge < -0.3 is 0 Å². The van der Waals surface area contributed by atoms with Crippen molar-refractivity contribution in [3.05, 3.63) is 40.2 Å². The summed E-state index contributed by atoms with van der Waals surface area (Å²) < 4.78 is 0. The van der Waals surface area contributed by atoms with Crippen LogP contribution < -0.4 is 0 Å². The first-order chi connectivity index (χ1) is 8.33. The largest absolute Gasteiger partial charge is 0.241 e. The summed E-state index contributed by atoms with van der Waals surface area (Å²) in [6, 6.07) is 8.69. The minimum absolute atomic E-state index is 0.931. The maximum Gasteiger partial charge on any atom is 0.0932 e. The number of benzene rings is 1. The van der Waals surface area contributed by atoms with Gasteiger partial charge in [0.25, 0.3) is 0 Å². The average Bonchev–Trinajstić information content (AvgIpc) is 2.85. The number of thiol groups is 1. The maximum atomic E-state index is 4.66. The standard InChI is InChI=1S/C14H17NS2/c1-2-11-5-7-12(8-6-11)13-10-17-14(15-13)4-3-9-16/h5-8,10,16H,2-4,9H2,1H3. The van der Waals surface area contributed by atoms with Crippen molar-refractivity contribution in [2.75, 3.05) is 5.75 Å². The summed E-state index contributed by atoms with van der Waals surface area (Å²) in [5, 5.41) is 3.36. The van der Waals surface area contributed by atoms with E-state index < -0.39 is 0 Å². The zero-order valence-corrected chi connectivity index (χ0v) is 11.7. The van der Waals surface area contributed by atoms with Crippen LogP contribution in [0.1, 0.15) is 23.9 Å². The van der Waals surface area contributed by atoms with Crippen LogP contribution in [0.5, 0.6) is 0 Å². The van der Waals surface area contributed by atoms with Gasteiger partial charge in [-0.2, -0.15) is 12.6 Å². The Bertz CT molecular complexity index is 459. The Balaban J connectivity index is 2.12. The molecular weight excluding hydrogens is 246 g/mol. The van der Waals surface area contributed by atoms with Gasteiger partial charge in [0, 0.05) is 17.4 Å². The monoisotopic (exact) mass is 263 g/mol. The molecule has 1 heterocycles. The molecular formula is C14H17NS2. The van der Waals surface area contributed by atoms with E-state index in [4.69, 9.17) is 0 Å². The van der Waals surface area contributed by atoms with Crippen molar-refractivity contribution in [1.82, 2.24) is 4.98 Å². The van der Waals surface area contributed by atoms with E-state index in [1.807, 2.05) is 0 Å². The molecule has 0 N–H and O–H groups in total. The Morgan fingerprint density at radius 2 is 2.00 bits per heavy atom. The summed E-state index contributed by atoms with van der Waals surface area (Å²) in [7, 11) is 0. The molecule has 0 aliphatic carbocycles. The van der Waals surface area contributed by atoms with Gasteiger partial charge in [0.05, 0.1) is 10.7 Å². The molecule has 0 unspecified atom stereocenters. The van der Waals surface area contributed by atoms with E-state index in [0.29, 0.717) is 0 Å². The molecule has 0 amide bonds. The van der Waals surface area contributed by atoms with Gasteiger partial charge in [-0.3, -0.25) is 0 Å². The second-order valence-corrected chi connectivity index (χ2v) is 5.39. The number of hydrogen-bond donors (Lipinski definition) is 1. The van der Waals surface area contributed by atoms with Crippen LogP contribution >= 0.6 is 24.0 Å². The lowest BCUT2D eigenvalue weighted by molar-refractivity contribution is 0.923. The van der Waals surface area contributed by atoms with Gasteiger partial charge in [-0.25, -0.2) is 4.98 Å². The molecule has 0 atom stereocenters. The third kappa shape index (κ3) is 3.33. The first-order valence-electron chi connectivity index (χ1n) is 5.98. The fraction of sp³-hybridized carbons (Fsp3) is 0.357. The van der Waals surface area contributed by atoms with Gasteiger partial charge in [-0.1, -0.05) is 31.2 Å². The predicted molar refractivity (Wildman–Crippen MR) is 79.1 cm³/mol. The molecule has 0 saturated heterocycles. The molecule has 0 fully saturated rings. The first-order valence-corrected chi connectivity index (χ1v) is 7.49. The molecule has 0 aliphatic rings. The van der Waals surface area contributed by atoms with Gasteiger partial charge >= 0.3 is 0 Å². The van der Waals surface area contributed by atoms with Crippen LogP contribution in [-0.4, -0.2) is 10.7 Å². The van der Waals surface area contributed by atoms with Crippen LogP contribution in [0, 0.1) is 0 Å². The lowest BCUT2D eigenvalue weighted by Gasteiger charge is -1.99. The molecule has 1 nitrogen and oxygen atoms in total. The molecule has 0 aliphatic heterocycles. The molecule has 0 bridgehead atoms. The van der Waals surface area contributed by atoms with E-state index in [1.54, 1.807) is 11.3 Å². The topological polar surface area (TPSA) is 12.9 Å². The van der Waals surface area contributed by atoms with Crippen LogP contribution in [-0.2, 0) is 12.8 Å². The molecule has 2 aromatic rings. The van der Waals surface area contributed by atoms with Crippen LogP contribution in [0.3, 0.4) is 0 Å². The molecule has 1 aromatic heterocycles. The third-order valence-corrected chi connectivity index (χ3v) is 3.98. The van der Waals surface area contributed by atoms with E-state index in [0.717, 1.165) is 30.7 Å². The molecule has 0 spiro atoms. The number of aromatic nitrogens is 1. The molecule has 3 heteroatoms. The van der Waals surface area contributed by atoms with E-state index in [-0.39, 0.29) is 0 Å². The summed E-state index contributed by atoms with van der Waals surface area (Å²) in [5.74, 6) is 0.931. The Kier molecular flexibility index (Phi) is 4.63. The smallest absolute Gasteiger partial charge is 0.0932 e.